The van der Waals surface area contributed by atoms with Crippen LogP contribution >= 0.6 is 0 Å². The molecule has 0 aromatic carbocycles. The summed E-state index contributed by atoms with van der Waals surface area (Å²) in [4.78, 5) is 6.26. The second-order valence-electron chi connectivity index (χ2n) is 4.62. The summed E-state index contributed by atoms with van der Waals surface area (Å²) in [7, 11) is 0. The molecule has 0 atom stereocenters. The van der Waals surface area contributed by atoms with Crippen LogP contribution in [-0.2, 0) is 0 Å². The average Bonchev–Trinajstić information content (AvgIpc) is 2.40. The van der Waals surface area contributed by atoms with E-state index in [2.05, 4.69) is 29.6 Å². The number of allylic oxidation sites excluding steroid dienone is 2. The highest BCUT2D eigenvalue weighted by molar-refractivity contribution is 5.30. The first-order valence-corrected chi connectivity index (χ1v) is 6.70. The molecule has 1 rings (SSSR count). The SMILES string of the molecule is C=N/C(=C\C=C(\CC)CCN)N1CCC(O)CC1. The van der Waals surface area contributed by atoms with Gasteiger partial charge in [0.25, 0.3) is 0 Å². The van der Waals surface area contributed by atoms with Crippen LogP contribution in [0.4, 0.5) is 0 Å². The molecule has 0 saturated carbocycles. The Kier molecular flexibility index (Phi) is 6.68. The third-order valence-electron chi connectivity index (χ3n) is 3.34. The lowest BCUT2D eigenvalue weighted by Crippen LogP contribution is -2.34. The van der Waals surface area contributed by atoms with E-state index in [0.717, 1.165) is 44.6 Å². The first-order chi connectivity index (χ1) is 8.71. The van der Waals surface area contributed by atoms with Crippen molar-refractivity contribution in [2.45, 2.75) is 38.7 Å². The van der Waals surface area contributed by atoms with Crippen molar-refractivity contribution in [1.82, 2.24) is 4.90 Å². The van der Waals surface area contributed by atoms with Gasteiger partial charge in [0.05, 0.1) is 6.10 Å². The number of aliphatic hydroxyl groups excluding tert-OH is 1. The zero-order chi connectivity index (χ0) is 13.4. The molecule has 4 nitrogen and oxygen atoms in total. The molecule has 1 aliphatic rings. The first-order valence-electron chi connectivity index (χ1n) is 6.70. The molecule has 0 spiro atoms. The summed E-state index contributed by atoms with van der Waals surface area (Å²) in [5.41, 5.74) is 6.90. The van der Waals surface area contributed by atoms with E-state index >= 15 is 0 Å². The molecule has 102 valence electrons. The zero-order valence-corrected chi connectivity index (χ0v) is 11.3. The fourth-order valence-corrected chi connectivity index (χ4v) is 2.11. The number of piperidine rings is 1. The molecule has 0 unspecified atom stereocenters. The lowest BCUT2D eigenvalue weighted by atomic mass is 10.1. The quantitative estimate of drug-likeness (QED) is 0.557. The Labute approximate surface area is 110 Å². The van der Waals surface area contributed by atoms with E-state index < -0.39 is 0 Å². The van der Waals surface area contributed by atoms with Crippen molar-refractivity contribution >= 4 is 6.72 Å². The number of likely N-dealkylation sites (tertiary alicyclic amines) is 1. The molecular formula is C14H25N3O. The molecular weight excluding hydrogens is 226 g/mol. The number of nitrogens with zero attached hydrogens (tertiary/aromatic N) is 2. The summed E-state index contributed by atoms with van der Waals surface area (Å²) in [6, 6.07) is 0. The van der Waals surface area contributed by atoms with E-state index in [1.807, 2.05) is 6.08 Å². The summed E-state index contributed by atoms with van der Waals surface area (Å²) < 4.78 is 0. The minimum Gasteiger partial charge on any atom is -0.393 e. The molecule has 1 aliphatic heterocycles. The molecule has 1 saturated heterocycles. The monoisotopic (exact) mass is 251 g/mol. The van der Waals surface area contributed by atoms with E-state index in [0.29, 0.717) is 6.54 Å². The molecule has 4 heteroatoms. The van der Waals surface area contributed by atoms with Gasteiger partial charge in [-0.15, -0.1) is 0 Å². The van der Waals surface area contributed by atoms with Crippen molar-refractivity contribution in [3.05, 3.63) is 23.5 Å². The zero-order valence-electron chi connectivity index (χ0n) is 11.3. The number of hydrogen-bond acceptors (Lipinski definition) is 4. The topological polar surface area (TPSA) is 61.8 Å². The molecule has 0 aromatic heterocycles. The Morgan fingerprint density at radius 3 is 2.61 bits per heavy atom. The van der Waals surface area contributed by atoms with Gasteiger partial charge in [0.15, 0.2) is 0 Å². The van der Waals surface area contributed by atoms with Crippen molar-refractivity contribution < 1.29 is 5.11 Å². The molecule has 0 radical (unpaired) electrons. The van der Waals surface area contributed by atoms with E-state index in [9.17, 15) is 5.11 Å². The molecule has 0 aromatic rings. The van der Waals surface area contributed by atoms with Gasteiger partial charge in [-0.25, -0.2) is 4.99 Å². The van der Waals surface area contributed by atoms with E-state index in [4.69, 9.17) is 5.73 Å². The summed E-state index contributed by atoms with van der Waals surface area (Å²) in [5.74, 6) is 0.893. The van der Waals surface area contributed by atoms with Crippen molar-refractivity contribution in [2.24, 2.45) is 10.7 Å². The first kappa shape index (κ1) is 14.9. The molecule has 1 heterocycles. The third kappa shape index (κ3) is 4.63. The molecule has 3 N–H and O–H groups in total. The number of aliphatic hydroxyl groups is 1. The lowest BCUT2D eigenvalue weighted by Gasteiger charge is -2.31. The number of rotatable bonds is 6. The minimum atomic E-state index is -0.161. The Hall–Kier alpha value is -1.13. The highest BCUT2D eigenvalue weighted by atomic mass is 16.3. The summed E-state index contributed by atoms with van der Waals surface area (Å²) in [6.07, 6.45) is 7.50. The maximum Gasteiger partial charge on any atom is 0.127 e. The smallest absolute Gasteiger partial charge is 0.127 e. The van der Waals surface area contributed by atoms with Crippen LogP contribution in [-0.4, -0.2) is 42.5 Å². The van der Waals surface area contributed by atoms with Crippen molar-refractivity contribution in [3.63, 3.8) is 0 Å². The predicted octanol–water partition coefficient (Wildman–Crippen LogP) is 1.67. The van der Waals surface area contributed by atoms with Gasteiger partial charge in [-0.1, -0.05) is 18.6 Å². The summed E-state index contributed by atoms with van der Waals surface area (Å²) in [5, 5.41) is 9.49. The fourth-order valence-electron chi connectivity index (χ4n) is 2.11. The largest absolute Gasteiger partial charge is 0.393 e. The van der Waals surface area contributed by atoms with Gasteiger partial charge in [0.2, 0.25) is 0 Å². The van der Waals surface area contributed by atoms with Crippen molar-refractivity contribution in [2.75, 3.05) is 19.6 Å². The Balaban J connectivity index is 2.67. The van der Waals surface area contributed by atoms with Crippen LogP contribution < -0.4 is 5.73 Å². The minimum absolute atomic E-state index is 0.161. The highest BCUT2D eigenvalue weighted by Crippen LogP contribution is 2.16. The standard InChI is InChI=1S/C14H25N3O/c1-3-12(6-9-15)4-5-14(16-2)17-10-7-13(18)8-11-17/h4-5,13,18H,2-3,6-11,15H2,1H3/b12-4-,14-5+. The summed E-state index contributed by atoms with van der Waals surface area (Å²) >= 11 is 0. The normalized spacial score (nSPS) is 19.2. The molecule has 1 fully saturated rings. The Bertz CT molecular complexity index is 315. The number of nitrogens with two attached hydrogens (primary N) is 1. The second kappa shape index (κ2) is 8.06. The fraction of sp³-hybridized carbons (Fsp3) is 0.643. The lowest BCUT2D eigenvalue weighted by molar-refractivity contribution is 0.0967. The van der Waals surface area contributed by atoms with E-state index in [1.165, 1.54) is 5.57 Å². The maximum absolute atomic E-state index is 9.49. The van der Waals surface area contributed by atoms with Crippen LogP contribution in [0.5, 0.6) is 0 Å². The van der Waals surface area contributed by atoms with Crippen LogP contribution in [0.25, 0.3) is 0 Å². The van der Waals surface area contributed by atoms with Crippen LogP contribution in [0, 0.1) is 0 Å². The van der Waals surface area contributed by atoms with Crippen LogP contribution in [0.2, 0.25) is 0 Å². The van der Waals surface area contributed by atoms with Gasteiger partial charge in [-0.2, -0.15) is 0 Å². The van der Waals surface area contributed by atoms with E-state index in [-0.39, 0.29) is 6.10 Å². The Morgan fingerprint density at radius 1 is 1.44 bits per heavy atom. The van der Waals surface area contributed by atoms with Gasteiger partial charge in [0, 0.05) is 13.1 Å². The van der Waals surface area contributed by atoms with Gasteiger partial charge < -0.3 is 15.7 Å². The second-order valence-corrected chi connectivity index (χ2v) is 4.62. The van der Waals surface area contributed by atoms with Gasteiger partial charge >= 0.3 is 0 Å². The average molecular weight is 251 g/mol. The van der Waals surface area contributed by atoms with Gasteiger partial charge in [-0.05, 0) is 45.0 Å². The summed E-state index contributed by atoms with van der Waals surface area (Å²) in [6.45, 7) is 8.13. The number of aliphatic imine (C=N–C) groups is 1. The van der Waals surface area contributed by atoms with E-state index in [1.54, 1.807) is 0 Å². The van der Waals surface area contributed by atoms with Crippen molar-refractivity contribution in [1.29, 1.82) is 0 Å². The highest BCUT2D eigenvalue weighted by Gasteiger charge is 2.17. The molecule has 0 amide bonds. The van der Waals surface area contributed by atoms with Gasteiger partial charge in [0.1, 0.15) is 5.82 Å². The molecule has 0 bridgehead atoms. The number of hydrogen-bond donors (Lipinski definition) is 2. The predicted molar refractivity (Wildman–Crippen MR) is 76.5 cm³/mol. The van der Waals surface area contributed by atoms with Gasteiger partial charge in [-0.3, -0.25) is 0 Å². The van der Waals surface area contributed by atoms with Crippen LogP contribution in [0.15, 0.2) is 28.5 Å². The van der Waals surface area contributed by atoms with Crippen LogP contribution in [0.3, 0.4) is 0 Å². The van der Waals surface area contributed by atoms with Crippen LogP contribution in [0.1, 0.15) is 32.6 Å². The third-order valence-corrected chi connectivity index (χ3v) is 3.34. The maximum atomic E-state index is 9.49. The molecule has 0 aliphatic carbocycles. The Morgan fingerprint density at radius 2 is 2.11 bits per heavy atom. The molecule has 18 heavy (non-hydrogen) atoms. The van der Waals surface area contributed by atoms with Crippen molar-refractivity contribution in [3.8, 4) is 0 Å².